The van der Waals surface area contributed by atoms with Crippen molar-refractivity contribution in [2.45, 2.75) is 24.8 Å². The zero-order valence-electron chi connectivity index (χ0n) is 13.8. The van der Waals surface area contributed by atoms with Crippen molar-refractivity contribution in [1.82, 2.24) is 19.2 Å². The smallest absolute Gasteiger partial charge is 0.232 e. The van der Waals surface area contributed by atoms with Crippen LogP contribution in [-0.2, 0) is 4.79 Å². The molecule has 25 heavy (non-hydrogen) atoms. The van der Waals surface area contributed by atoms with Crippen molar-refractivity contribution in [2.24, 2.45) is 5.92 Å². The number of hydrogen-bond donors (Lipinski definition) is 0. The maximum absolute atomic E-state index is 12.5. The third-order valence-electron chi connectivity index (χ3n) is 4.45. The van der Waals surface area contributed by atoms with Crippen molar-refractivity contribution in [3.63, 3.8) is 0 Å². The number of likely N-dealkylation sites (tertiary alicyclic amines) is 1. The maximum Gasteiger partial charge on any atom is 0.232 e. The number of thioether (sulfide) groups is 1. The van der Waals surface area contributed by atoms with E-state index in [1.165, 1.54) is 23.3 Å². The number of fused-ring (bicyclic) bond motifs is 1. The molecule has 4 heterocycles. The van der Waals surface area contributed by atoms with Crippen molar-refractivity contribution in [2.75, 3.05) is 18.8 Å². The molecule has 0 radical (unpaired) electrons. The van der Waals surface area contributed by atoms with Crippen LogP contribution >= 0.6 is 34.6 Å². The molecule has 3 aromatic heterocycles. The molecular formula is C17H18N4OS3. The number of amides is 1. The van der Waals surface area contributed by atoms with E-state index in [9.17, 15) is 4.79 Å². The number of thiophene rings is 1. The highest BCUT2D eigenvalue weighted by atomic mass is 32.2. The number of rotatable bonds is 4. The van der Waals surface area contributed by atoms with E-state index in [-0.39, 0.29) is 5.91 Å². The molecule has 1 fully saturated rings. The predicted molar refractivity (Wildman–Crippen MR) is 104 cm³/mol. The lowest BCUT2D eigenvalue weighted by Gasteiger charge is -2.30. The molecule has 0 spiro atoms. The first-order chi connectivity index (χ1) is 12.2. The SMILES string of the molecule is CC1CCN(C(=O)CSc2ncnc3c(-c4cccs4)nsc23)CC1. The van der Waals surface area contributed by atoms with Gasteiger partial charge in [-0.3, -0.25) is 4.79 Å². The fraction of sp³-hybridized carbons (Fsp3) is 0.412. The third-order valence-corrected chi connectivity index (χ3v) is 7.27. The molecular weight excluding hydrogens is 372 g/mol. The minimum atomic E-state index is 0.201. The van der Waals surface area contributed by atoms with Crippen LogP contribution in [-0.4, -0.2) is 44.0 Å². The van der Waals surface area contributed by atoms with Crippen LogP contribution in [0.1, 0.15) is 19.8 Å². The zero-order chi connectivity index (χ0) is 17.2. The van der Waals surface area contributed by atoms with Gasteiger partial charge in [-0.25, -0.2) is 9.97 Å². The Kier molecular flexibility index (Phi) is 5.00. The average Bonchev–Trinajstić information content (AvgIpc) is 3.29. The van der Waals surface area contributed by atoms with E-state index >= 15 is 0 Å². The Bertz CT molecular complexity index is 869. The third kappa shape index (κ3) is 3.56. The van der Waals surface area contributed by atoms with Crippen LogP contribution in [0.3, 0.4) is 0 Å². The van der Waals surface area contributed by atoms with E-state index in [2.05, 4.69) is 27.3 Å². The number of hydrogen-bond acceptors (Lipinski definition) is 7. The lowest BCUT2D eigenvalue weighted by atomic mass is 9.99. The van der Waals surface area contributed by atoms with Crippen LogP contribution in [0.25, 0.3) is 20.8 Å². The van der Waals surface area contributed by atoms with Crippen LogP contribution in [0, 0.1) is 5.92 Å². The second kappa shape index (κ2) is 7.39. The number of piperidine rings is 1. The van der Waals surface area contributed by atoms with Gasteiger partial charge in [0.05, 0.1) is 10.6 Å². The summed E-state index contributed by atoms with van der Waals surface area (Å²) in [4.78, 5) is 24.4. The first-order valence-electron chi connectivity index (χ1n) is 8.27. The Hall–Kier alpha value is -1.51. The number of aromatic nitrogens is 3. The fourth-order valence-corrected chi connectivity index (χ4v) is 5.49. The minimum Gasteiger partial charge on any atom is -0.342 e. The largest absolute Gasteiger partial charge is 0.342 e. The summed E-state index contributed by atoms with van der Waals surface area (Å²) in [7, 11) is 0. The maximum atomic E-state index is 12.5. The summed E-state index contributed by atoms with van der Waals surface area (Å²) in [6, 6.07) is 4.06. The molecule has 3 aromatic rings. The lowest BCUT2D eigenvalue weighted by Crippen LogP contribution is -2.38. The standard InChI is InChI=1S/C17H18N4OS3/c1-11-4-6-21(7-5-11)13(22)9-24-17-16-15(18-10-19-17)14(20-25-16)12-3-2-8-23-12/h2-3,8,10-11H,4-7,9H2,1H3. The highest BCUT2D eigenvalue weighted by molar-refractivity contribution is 8.00. The molecule has 0 aromatic carbocycles. The number of nitrogens with zero attached hydrogens (tertiary/aromatic N) is 4. The van der Waals surface area contributed by atoms with Gasteiger partial charge in [-0.05, 0) is 41.7 Å². The van der Waals surface area contributed by atoms with Gasteiger partial charge in [0.2, 0.25) is 5.91 Å². The van der Waals surface area contributed by atoms with Gasteiger partial charge >= 0.3 is 0 Å². The van der Waals surface area contributed by atoms with E-state index in [0.717, 1.165) is 57.7 Å². The van der Waals surface area contributed by atoms with Gasteiger partial charge in [0.1, 0.15) is 27.3 Å². The highest BCUT2D eigenvalue weighted by Crippen LogP contribution is 2.36. The summed E-state index contributed by atoms with van der Waals surface area (Å²) in [5.74, 6) is 1.35. The summed E-state index contributed by atoms with van der Waals surface area (Å²) in [5.41, 5.74) is 1.79. The molecule has 1 aliphatic rings. The van der Waals surface area contributed by atoms with Crippen molar-refractivity contribution in [3.05, 3.63) is 23.8 Å². The molecule has 0 unspecified atom stereocenters. The van der Waals surface area contributed by atoms with E-state index in [4.69, 9.17) is 0 Å². The predicted octanol–water partition coefficient (Wildman–Crippen LogP) is 4.17. The Morgan fingerprint density at radius 3 is 2.96 bits per heavy atom. The van der Waals surface area contributed by atoms with Gasteiger partial charge in [-0.2, -0.15) is 4.37 Å². The van der Waals surface area contributed by atoms with Crippen molar-refractivity contribution in [3.8, 4) is 10.6 Å². The topological polar surface area (TPSA) is 59.0 Å². The highest BCUT2D eigenvalue weighted by Gasteiger charge is 2.21. The van der Waals surface area contributed by atoms with Crippen LogP contribution in [0.15, 0.2) is 28.9 Å². The average molecular weight is 391 g/mol. The molecule has 5 nitrogen and oxygen atoms in total. The molecule has 130 valence electrons. The summed E-state index contributed by atoms with van der Waals surface area (Å²) in [6.07, 6.45) is 3.78. The first-order valence-corrected chi connectivity index (χ1v) is 10.9. The Morgan fingerprint density at radius 1 is 1.36 bits per heavy atom. The molecule has 1 aliphatic heterocycles. The van der Waals surface area contributed by atoms with Crippen LogP contribution < -0.4 is 0 Å². The van der Waals surface area contributed by atoms with E-state index < -0.39 is 0 Å². The van der Waals surface area contributed by atoms with Crippen LogP contribution in [0.4, 0.5) is 0 Å². The molecule has 4 rings (SSSR count). The van der Waals surface area contributed by atoms with Gasteiger partial charge < -0.3 is 4.90 Å². The van der Waals surface area contributed by atoms with Crippen molar-refractivity contribution >= 4 is 50.8 Å². The van der Waals surface area contributed by atoms with Crippen molar-refractivity contribution in [1.29, 1.82) is 0 Å². The monoisotopic (exact) mass is 390 g/mol. The Morgan fingerprint density at radius 2 is 2.20 bits per heavy atom. The summed E-state index contributed by atoms with van der Waals surface area (Å²) in [5, 5.41) is 2.89. The summed E-state index contributed by atoms with van der Waals surface area (Å²) in [6.45, 7) is 4.01. The van der Waals surface area contributed by atoms with Gasteiger partial charge in [0.25, 0.3) is 0 Å². The summed E-state index contributed by atoms with van der Waals surface area (Å²) < 4.78 is 5.53. The summed E-state index contributed by atoms with van der Waals surface area (Å²) >= 11 is 4.56. The van der Waals surface area contributed by atoms with Gasteiger partial charge in [-0.15, -0.1) is 11.3 Å². The molecule has 0 bridgehead atoms. The number of carbonyl (C=O) groups is 1. The Balaban J connectivity index is 1.49. The van der Waals surface area contributed by atoms with E-state index in [1.54, 1.807) is 17.7 Å². The molecule has 0 aliphatic carbocycles. The molecule has 0 atom stereocenters. The number of carbonyl (C=O) groups excluding carboxylic acids is 1. The second-order valence-electron chi connectivity index (χ2n) is 6.22. The molecule has 0 saturated carbocycles. The zero-order valence-corrected chi connectivity index (χ0v) is 16.3. The first kappa shape index (κ1) is 16.9. The van der Waals surface area contributed by atoms with Crippen molar-refractivity contribution < 1.29 is 4.79 Å². The Labute approximate surface area is 158 Å². The molecule has 8 heteroatoms. The van der Waals surface area contributed by atoms with Gasteiger partial charge in [0, 0.05) is 13.1 Å². The molecule has 0 N–H and O–H groups in total. The molecule has 1 saturated heterocycles. The van der Waals surface area contributed by atoms with Crippen LogP contribution in [0.5, 0.6) is 0 Å². The van der Waals surface area contributed by atoms with E-state index in [1.807, 2.05) is 16.3 Å². The normalized spacial score (nSPS) is 15.8. The quantitative estimate of drug-likeness (QED) is 0.494. The lowest BCUT2D eigenvalue weighted by molar-refractivity contribution is -0.129. The van der Waals surface area contributed by atoms with Crippen LogP contribution in [0.2, 0.25) is 0 Å². The van der Waals surface area contributed by atoms with E-state index in [0.29, 0.717) is 5.75 Å². The van der Waals surface area contributed by atoms with Gasteiger partial charge in [0.15, 0.2) is 0 Å². The van der Waals surface area contributed by atoms with Gasteiger partial charge in [-0.1, -0.05) is 24.8 Å². The fourth-order valence-electron chi connectivity index (χ4n) is 2.90. The minimum absolute atomic E-state index is 0.201. The molecule has 1 amide bonds. The second-order valence-corrected chi connectivity index (χ2v) is 8.90.